The topological polar surface area (TPSA) is 50.4 Å². The van der Waals surface area contributed by atoms with Crippen LogP contribution in [0.25, 0.3) is 0 Å². The van der Waals surface area contributed by atoms with Crippen molar-refractivity contribution in [3.63, 3.8) is 0 Å². The quantitative estimate of drug-likeness (QED) is 0.764. The van der Waals surface area contributed by atoms with E-state index in [0.29, 0.717) is 12.2 Å². The molecule has 1 aromatic heterocycles. The number of hydrogen-bond donors (Lipinski definition) is 1. The van der Waals surface area contributed by atoms with Crippen molar-refractivity contribution in [3.8, 4) is 0 Å². The lowest BCUT2D eigenvalue weighted by Gasteiger charge is -2.06. The lowest BCUT2D eigenvalue weighted by Crippen LogP contribution is -2.11. The van der Waals surface area contributed by atoms with E-state index < -0.39 is 6.10 Å². The molecule has 0 fully saturated rings. The highest BCUT2D eigenvalue weighted by atomic mass is 16.4. The van der Waals surface area contributed by atoms with Gasteiger partial charge in [-0.3, -0.25) is 0 Å². The van der Waals surface area contributed by atoms with E-state index in [1.807, 2.05) is 6.92 Å². The first kappa shape index (κ1) is 9.99. The van der Waals surface area contributed by atoms with Gasteiger partial charge in [-0.05, 0) is 12.5 Å². The Labute approximate surface area is 77.0 Å². The predicted molar refractivity (Wildman–Crippen MR) is 49.6 cm³/mol. The zero-order chi connectivity index (χ0) is 9.68. The molecule has 1 rings (SSSR count). The summed E-state index contributed by atoms with van der Waals surface area (Å²) >= 11 is 0. The highest BCUT2D eigenvalue weighted by Gasteiger charge is 2.05. The van der Waals surface area contributed by atoms with Crippen molar-refractivity contribution in [1.82, 2.24) is 0 Å². The highest BCUT2D eigenvalue weighted by molar-refractivity contribution is 5.00. The van der Waals surface area contributed by atoms with Crippen molar-refractivity contribution in [1.29, 1.82) is 0 Å². The monoisotopic (exact) mass is 182 g/mol. The van der Waals surface area contributed by atoms with Gasteiger partial charge in [0, 0.05) is 12.5 Å². The molecule has 0 saturated heterocycles. The standard InChI is InChI=1S/C10H14O3/c1-2-4-8(11)7-9-5-3-6-10(12)13-9/h3,5-6,8,11H,2,4,7H2,1H3. The molecule has 0 bridgehead atoms. The van der Waals surface area contributed by atoms with Crippen molar-refractivity contribution >= 4 is 0 Å². The van der Waals surface area contributed by atoms with Crippen molar-refractivity contribution in [3.05, 3.63) is 34.4 Å². The third kappa shape index (κ3) is 3.42. The number of rotatable bonds is 4. The molecule has 0 aliphatic carbocycles. The first-order valence-electron chi connectivity index (χ1n) is 4.49. The molecule has 72 valence electrons. The first-order valence-corrected chi connectivity index (χ1v) is 4.49. The Morgan fingerprint density at radius 2 is 2.31 bits per heavy atom. The fourth-order valence-electron chi connectivity index (χ4n) is 1.21. The van der Waals surface area contributed by atoms with E-state index in [0.717, 1.165) is 12.8 Å². The van der Waals surface area contributed by atoms with Gasteiger partial charge in [0.05, 0.1) is 6.10 Å². The van der Waals surface area contributed by atoms with E-state index in [9.17, 15) is 9.90 Å². The molecule has 1 unspecified atom stereocenters. The Balaban J connectivity index is 2.58. The van der Waals surface area contributed by atoms with Crippen LogP contribution in [0.4, 0.5) is 0 Å². The minimum Gasteiger partial charge on any atom is -0.428 e. The average Bonchev–Trinajstić information content (AvgIpc) is 2.04. The van der Waals surface area contributed by atoms with Gasteiger partial charge in [-0.2, -0.15) is 0 Å². The van der Waals surface area contributed by atoms with Crippen LogP contribution >= 0.6 is 0 Å². The molecule has 0 saturated carbocycles. The number of aliphatic hydroxyl groups is 1. The Kier molecular flexibility index (Phi) is 3.71. The molecule has 0 spiro atoms. The SMILES string of the molecule is CCCC(O)Cc1cccc(=O)o1. The van der Waals surface area contributed by atoms with E-state index in [1.165, 1.54) is 6.07 Å². The fourth-order valence-corrected chi connectivity index (χ4v) is 1.21. The lowest BCUT2D eigenvalue weighted by atomic mass is 10.1. The van der Waals surface area contributed by atoms with Crippen LogP contribution in [0.15, 0.2) is 27.4 Å². The van der Waals surface area contributed by atoms with E-state index >= 15 is 0 Å². The Morgan fingerprint density at radius 1 is 1.54 bits per heavy atom. The smallest absolute Gasteiger partial charge is 0.335 e. The van der Waals surface area contributed by atoms with Crippen LogP contribution in [-0.2, 0) is 6.42 Å². The summed E-state index contributed by atoms with van der Waals surface area (Å²) in [4.78, 5) is 10.8. The molecular formula is C10H14O3. The van der Waals surface area contributed by atoms with Crippen LogP contribution in [-0.4, -0.2) is 11.2 Å². The summed E-state index contributed by atoms with van der Waals surface area (Å²) in [7, 11) is 0. The third-order valence-electron chi connectivity index (χ3n) is 1.80. The molecule has 13 heavy (non-hydrogen) atoms. The maximum Gasteiger partial charge on any atom is 0.335 e. The van der Waals surface area contributed by atoms with Gasteiger partial charge >= 0.3 is 5.63 Å². The van der Waals surface area contributed by atoms with Gasteiger partial charge < -0.3 is 9.52 Å². The van der Waals surface area contributed by atoms with Gasteiger partial charge in [0.15, 0.2) is 0 Å². The molecule has 1 aromatic rings. The maximum atomic E-state index is 10.8. The van der Waals surface area contributed by atoms with Crippen LogP contribution in [0.2, 0.25) is 0 Å². The summed E-state index contributed by atoms with van der Waals surface area (Å²) in [5.74, 6) is 0.549. The van der Waals surface area contributed by atoms with E-state index in [2.05, 4.69) is 0 Å². The van der Waals surface area contributed by atoms with Crippen LogP contribution in [0.3, 0.4) is 0 Å². The molecule has 1 N–H and O–H groups in total. The molecule has 0 amide bonds. The predicted octanol–water partition coefficient (Wildman–Crippen LogP) is 1.34. The normalized spacial score (nSPS) is 12.8. The minimum atomic E-state index is -0.407. The summed E-state index contributed by atoms with van der Waals surface area (Å²) in [6.45, 7) is 2.00. The molecule has 1 atom stereocenters. The summed E-state index contributed by atoms with van der Waals surface area (Å²) in [6.07, 6.45) is 1.68. The molecule has 3 heteroatoms. The summed E-state index contributed by atoms with van der Waals surface area (Å²) in [5.41, 5.74) is -0.360. The van der Waals surface area contributed by atoms with Crippen molar-refractivity contribution in [2.24, 2.45) is 0 Å². The zero-order valence-corrected chi connectivity index (χ0v) is 7.69. The molecule has 0 aromatic carbocycles. The van der Waals surface area contributed by atoms with Crippen LogP contribution in [0.5, 0.6) is 0 Å². The molecule has 3 nitrogen and oxygen atoms in total. The molecule has 0 aliphatic heterocycles. The second-order valence-corrected chi connectivity index (χ2v) is 3.06. The molecule has 0 radical (unpaired) electrons. The molecular weight excluding hydrogens is 168 g/mol. The van der Waals surface area contributed by atoms with E-state index in [4.69, 9.17) is 4.42 Å². The Hall–Kier alpha value is -1.09. The average molecular weight is 182 g/mol. The van der Waals surface area contributed by atoms with Crippen molar-refractivity contribution in [2.75, 3.05) is 0 Å². The van der Waals surface area contributed by atoms with Crippen LogP contribution in [0.1, 0.15) is 25.5 Å². The third-order valence-corrected chi connectivity index (χ3v) is 1.80. The zero-order valence-electron chi connectivity index (χ0n) is 7.69. The summed E-state index contributed by atoms with van der Waals surface area (Å²) in [5, 5.41) is 9.43. The Morgan fingerprint density at radius 3 is 2.92 bits per heavy atom. The van der Waals surface area contributed by atoms with E-state index in [1.54, 1.807) is 12.1 Å². The fraction of sp³-hybridized carbons (Fsp3) is 0.500. The van der Waals surface area contributed by atoms with Crippen LogP contribution in [0, 0.1) is 0 Å². The second kappa shape index (κ2) is 4.82. The number of aliphatic hydroxyl groups excluding tert-OH is 1. The lowest BCUT2D eigenvalue weighted by molar-refractivity contribution is 0.155. The highest BCUT2D eigenvalue weighted by Crippen LogP contribution is 2.04. The van der Waals surface area contributed by atoms with Crippen molar-refractivity contribution in [2.45, 2.75) is 32.3 Å². The Bertz CT molecular complexity index is 303. The van der Waals surface area contributed by atoms with Gasteiger partial charge in [-0.25, -0.2) is 4.79 Å². The first-order chi connectivity index (χ1) is 6.22. The molecule has 1 heterocycles. The van der Waals surface area contributed by atoms with Gasteiger partial charge in [0.25, 0.3) is 0 Å². The van der Waals surface area contributed by atoms with Gasteiger partial charge in [-0.1, -0.05) is 19.4 Å². The van der Waals surface area contributed by atoms with Gasteiger partial charge in [-0.15, -0.1) is 0 Å². The number of hydrogen-bond acceptors (Lipinski definition) is 3. The maximum absolute atomic E-state index is 10.8. The van der Waals surface area contributed by atoms with Crippen LogP contribution < -0.4 is 5.63 Å². The largest absolute Gasteiger partial charge is 0.428 e. The second-order valence-electron chi connectivity index (χ2n) is 3.06. The molecule has 0 aliphatic rings. The minimum absolute atomic E-state index is 0.360. The van der Waals surface area contributed by atoms with Gasteiger partial charge in [0.2, 0.25) is 0 Å². The summed E-state index contributed by atoms with van der Waals surface area (Å²) in [6, 6.07) is 4.70. The van der Waals surface area contributed by atoms with Crippen molar-refractivity contribution < 1.29 is 9.52 Å². The summed E-state index contributed by atoms with van der Waals surface area (Å²) < 4.78 is 4.88. The van der Waals surface area contributed by atoms with Gasteiger partial charge in [0.1, 0.15) is 5.76 Å². The van der Waals surface area contributed by atoms with E-state index in [-0.39, 0.29) is 5.63 Å².